The first-order chi connectivity index (χ1) is 7.59. The molecule has 2 N–H and O–H groups in total. The van der Waals surface area contributed by atoms with Crippen molar-refractivity contribution < 1.29 is 8.78 Å². The van der Waals surface area contributed by atoms with E-state index < -0.39 is 11.6 Å². The SMILES string of the molecule is C[C@@H](N)c1cncn1-c1cc(F)ccc1F. The van der Waals surface area contributed by atoms with E-state index in [2.05, 4.69) is 4.98 Å². The molecular weight excluding hydrogens is 212 g/mol. The number of rotatable bonds is 2. The van der Waals surface area contributed by atoms with E-state index >= 15 is 0 Å². The summed E-state index contributed by atoms with van der Waals surface area (Å²) in [6, 6.07) is 2.96. The third-order valence-corrected chi connectivity index (χ3v) is 2.30. The number of nitrogens with zero attached hydrogens (tertiary/aromatic N) is 2. The van der Waals surface area contributed by atoms with E-state index in [-0.39, 0.29) is 11.7 Å². The third-order valence-electron chi connectivity index (χ3n) is 2.30. The first kappa shape index (κ1) is 10.8. The molecule has 0 aliphatic rings. The van der Waals surface area contributed by atoms with E-state index in [1.807, 2.05) is 0 Å². The lowest BCUT2D eigenvalue weighted by atomic mass is 10.2. The van der Waals surface area contributed by atoms with Gasteiger partial charge < -0.3 is 5.73 Å². The molecule has 0 radical (unpaired) electrons. The Bertz CT molecular complexity index is 506. The molecule has 0 spiro atoms. The van der Waals surface area contributed by atoms with Crippen molar-refractivity contribution in [2.45, 2.75) is 13.0 Å². The minimum atomic E-state index is -0.513. The molecule has 0 bridgehead atoms. The molecule has 5 heteroatoms. The second-order valence-electron chi connectivity index (χ2n) is 3.57. The monoisotopic (exact) mass is 223 g/mol. The van der Waals surface area contributed by atoms with Gasteiger partial charge in [-0.25, -0.2) is 13.8 Å². The largest absolute Gasteiger partial charge is 0.323 e. The van der Waals surface area contributed by atoms with Crippen LogP contribution in [0.1, 0.15) is 18.7 Å². The van der Waals surface area contributed by atoms with Gasteiger partial charge in [-0.05, 0) is 19.1 Å². The fourth-order valence-corrected chi connectivity index (χ4v) is 1.51. The van der Waals surface area contributed by atoms with Gasteiger partial charge in [0, 0.05) is 12.1 Å². The highest BCUT2D eigenvalue weighted by molar-refractivity contribution is 5.36. The molecule has 0 fully saturated rings. The van der Waals surface area contributed by atoms with Crippen LogP contribution >= 0.6 is 0 Å². The summed E-state index contributed by atoms with van der Waals surface area (Å²) in [6.45, 7) is 1.75. The van der Waals surface area contributed by atoms with Crippen molar-refractivity contribution in [2.75, 3.05) is 0 Å². The minimum Gasteiger partial charge on any atom is -0.323 e. The van der Waals surface area contributed by atoms with Gasteiger partial charge in [-0.2, -0.15) is 0 Å². The maximum atomic E-state index is 13.5. The molecule has 0 unspecified atom stereocenters. The predicted molar refractivity (Wildman–Crippen MR) is 56.1 cm³/mol. The summed E-state index contributed by atoms with van der Waals surface area (Å²) in [4.78, 5) is 3.88. The van der Waals surface area contributed by atoms with E-state index in [0.717, 1.165) is 18.2 Å². The summed E-state index contributed by atoms with van der Waals surface area (Å²) >= 11 is 0. The quantitative estimate of drug-likeness (QED) is 0.847. The molecule has 1 aromatic carbocycles. The Labute approximate surface area is 91.5 Å². The Morgan fingerprint density at radius 3 is 2.81 bits per heavy atom. The molecule has 3 nitrogen and oxygen atoms in total. The van der Waals surface area contributed by atoms with Crippen molar-refractivity contribution in [2.24, 2.45) is 5.73 Å². The van der Waals surface area contributed by atoms with Crippen LogP contribution in [-0.2, 0) is 0 Å². The summed E-state index contributed by atoms with van der Waals surface area (Å²) in [5.74, 6) is -1.01. The highest BCUT2D eigenvalue weighted by Gasteiger charge is 2.12. The molecule has 0 saturated heterocycles. The number of imidazole rings is 1. The van der Waals surface area contributed by atoms with Crippen molar-refractivity contribution in [3.8, 4) is 5.69 Å². The second kappa shape index (κ2) is 4.02. The maximum absolute atomic E-state index is 13.5. The standard InChI is InChI=1S/C11H11F2N3/c1-7(14)11-5-15-6-16(11)10-4-8(12)2-3-9(10)13/h2-7H,14H2,1H3/t7-/m1/s1. The van der Waals surface area contributed by atoms with Gasteiger partial charge in [-0.3, -0.25) is 4.57 Å². The van der Waals surface area contributed by atoms with Crippen LogP contribution in [0.5, 0.6) is 0 Å². The maximum Gasteiger partial charge on any atom is 0.147 e. The summed E-state index contributed by atoms with van der Waals surface area (Å²) in [7, 11) is 0. The molecule has 2 rings (SSSR count). The Morgan fingerprint density at radius 2 is 2.12 bits per heavy atom. The second-order valence-corrected chi connectivity index (χ2v) is 3.57. The predicted octanol–water partition coefficient (Wildman–Crippen LogP) is 2.17. The fraction of sp³-hybridized carbons (Fsp3) is 0.182. The summed E-state index contributed by atoms with van der Waals surface area (Å²) in [5, 5.41) is 0. The summed E-state index contributed by atoms with van der Waals surface area (Å²) < 4.78 is 28.0. The van der Waals surface area contributed by atoms with Crippen molar-refractivity contribution in [3.05, 3.63) is 48.1 Å². The Hall–Kier alpha value is -1.75. The third kappa shape index (κ3) is 1.81. The zero-order valence-electron chi connectivity index (χ0n) is 8.69. The van der Waals surface area contributed by atoms with E-state index in [0.29, 0.717) is 5.69 Å². The van der Waals surface area contributed by atoms with Crippen LogP contribution in [-0.4, -0.2) is 9.55 Å². The molecule has 0 aliphatic carbocycles. The lowest BCUT2D eigenvalue weighted by Crippen LogP contribution is -2.11. The Morgan fingerprint density at radius 1 is 1.38 bits per heavy atom. The van der Waals surface area contributed by atoms with Gasteiger partial charge in [0.2, 0.25) is 0 Å². The zero-order valence-corrected chi connectivity index (χ0v) is 8.69. The highest BCUT2D eigenvalue weighted by atomic mass is 19.1. The lowest BCUT2D eigenvalue weighted by molar-refractivity contribution is 0.588. The number of aromatic nitrogens is 2. The molecule has 84 valence electrons. The van der Waals surface area contributed by atoms with Gasteiger partial charge in [0.05, 0.1) is 23.9 Å². The van der Waals surface area contributed by atoms with Crippen molar-refractivity contribution in [1.82, 2.24) is 9.55 Å². The van der Waals surface area contributed by atoms with Crippen molar-refractivity contribution in [1.29, 1.82) is 0 Å². The van der Waals surface area contributed by atoms with Crippen molar-refractivity contribution >= 4 is 0 Å². The topological polar surface area (TPSA) is 43.8 Å². The van der Waals surface area contributed by atoms with Crippen LogP contribution in [0.3, 0.4) is 0 Å². The molecule has 0 amide bonds. The Kier molecular flexibility index (Phi) is 2.70. The molecular formula is C11H11F2N3. The normalized spacial score (nSPS) is 12.8. The minimum absolute atomic E-state index is 0.116. The van der Waals surface area contributed by atoms with Crippen molar-refractivity contribution in [3.63, 3.8) is 0 Å². The first-order valence-electron chi connectivity index (χ1n) is 4.83. The van der Waals surface area contributed by atoms with Crippen LogP contribution in [0, 0.1) is 11.6 Å². The van der Waals surface area contributed by atoms with Crippen LogP contribution in [0.25, 0.3) is 5.69 Å². The van der Waals surface area contributed by atoms with Gasteiger partial charge in [0.15, 0.2) is 0 Å². The molecule has 1 atom stereocenters. The summed E-state index contributed by atoms with van der Waals surface area (Å²) in [6.07, 6.45) is 2.95. The molecule has 1 heterocycles. The molecule has 2 aromatic rings. The first-order valence-corrected chi connectivity index (χ1v) is 4.83. The molecule has 0 aliphatic heterocycles. The molecule has 16 heavy (non-hydrogen) atoms. The average Bonchev–Trinajstić information content (AvgIpc) is 2.70. The van der Waals surface area contributed by atoms with Crippen LogP contribution in [0.15, 0.2) is 30.7 Å². The highest BCUT2D eigenvalue weighted by Crippen LogP contribution is 2.19. The zero-order chi connectivity index (χ0) is 11.7. The number of hydrogen-bond donors (Lipinski definition) is 1. The van der Waals surface area contributed by atoms with Gasteiger partial charge in [0.25, 0.3) is 0 Å². The van der Waals surface area contributed by atoms with Crippen LogP contribution in [0.2, 0.25) is 0 Å². The van der Waals surface area contributed by atoms with Gasteiger partial charge in [-0.15, -0.1) is 0 Å². The van der Waals surface area contributed by atoms with Crippen LogP contribution in [0.4, 0.5) is 8.78 Å². The van der Waals surface area contributed by atoms with Gasteiger partial charge >= 0.3 is 0 Å². The smallest absolute Gasteiger partial charge is 0.147 e. The van der Waals surface area contributed by atoms with E-state index in [1.165, 1.54) is 17.1 Å². The molecule has 0 saturated carbocycles. The number of hydrogen-bond acceptors (Lipinski definition) is 2. The Balaban J connectivity index is 2.58. The van der Waals surface area contributed by atoms with E-state index in [4.69, 9.17) is 5.73 Å². The van der Waals surface area contributed by atoms with Gasteiger partial charge in [0.1, 0.15) is 11.6 Å². The van der Waals surface area contributed by atoms with Crippen LogP contribution < -0.4 is 5.73 Å². The van der Waals surface area contributed by atoms with E-state index in [1.54, 1.807) is 6.92 Å². The number of halogens is 2. The van der Waals surface area contributed by atoms with Gasteiger partial charge in [-0.1, -0.05) is 0 Å². The molecule has 1 aromatic heterocycles. The van der Waals surface area contributed by atoms with E-state index in [9.17, 15) is 8.78 Å². The fourth-order valence-electron chi connectivity index (χ4n) is 1.51. The average molecular weight is 223 g/mol. The lowest BCUT2D eigenvalue weighted by Gasteiger charge is -2.11. The number of benzene rings is 1. The number of nitrogens with two attached hydrogens (primary N) is 1. The summed E-state index contributed by atoms with van der Waals surface area (Å²) in [5.41, 5.74) is 6.45.